The van der Waals surface area contributed by atoms with Gasteiger partial charge in [-0.25, -0.2) is 0 Å². The van der Waals surface area contributed by atoms with E-state index in [1.807, 2.05) is 26.8 Å². The summed E-state index contributed by atoms with van der Waals surface area (Å²) in [6.45, 7) is 8.64. The molecular weight excluding hydrogens is 302 g/mol. The van der Waals surface area contributed by atoms with Gasteiger partial charge in [0.25, 0.3) is 5.91 Å². The molecule has 2 rings (SSSR count). The molecule has 0 aliphatic rings. The summed E-state index contributed by atoms with van der Waals surface area (Å²) in [7, 11) is 0. The smallest absolute Gasteiger partial charge is 0.261 e. The number of aliphatic hydroxyl groups excluding tert-OH is 1. The molecule has 0 bridgehead atoms. The highest BCUT2D eigenvalue weighted by molar-refractivity contribution is 7.39. The fourth-order valence-electron chi connectivity index (χ4n) is 2.02. The number of thiophene rings is 2. The molecule has 1 unspecified atom stereocenters. The Bertz CT molecular complexity index is 590. The highest BCUT2D eigenvalue weighted by Crippen LogP contribution is 2.33. The average Bonchev–Trinajstić information content (AvgIpc) is 2.94. The van der Waals surface area contributed by atoms with Crippen LogP contribution in [0.25, 0.3) is 9.40 Å². The van der Waals surface area contributed by atoms with Gasteiger partial charge in [0.1, 0.15) is 0 Å². The van der Waals surface area contributed by atoms with Gasteiger partial charge in [-0.1, -0.05) is 27.7 Å². The monoisotopic (exact) mass is 325 g/mol. The van der Waals surface area contributed by atoms with E-state index in [1.165, 1.54) is 14.3 Å². The van der Waals surface area contributed by atoms with E-state index < -0.39 is 6.10 Å². The van der Waals surface area contributed by atoms with Crippen LogP contribution in [0.5, 0.6) is 0 Å². The van der Waals surface area contributed by atoms with Crippen LogP contribution in [-0.4, -0.2) is 23.7 Å². The molecular formula is C16H23NO2S2. The molecule has 1 amide bonds. The Morgan fingerprint density at radius 3 is 2.62 bits per heavy atom. The second-order valence-corrected chi connectivity index (χ2v) is 8.79. The van der Waals surface area contributed by atoms with E-state index in [9.17, 15) is 9.90 Å². The quantitative estimate of drug-likeness (QED) is 0.871. The SMILES string of the molecule is CCc1cc2cc(C(=O)NCCC(O)C(C)(C)C)sc2s1. The molecule has 0 radical (unpaired) electrons. The van der Waals surface area contributed by atoms with Crippen molar-refractivity contribution >= 4 is 38.0 Å². The minimum atomic E-state index is -0.406. The normalized spacial score (nSPS) is 13.6. The topological polar surface area (TPSA) is 49.3 Å². The Morgan fingerprint density at radius 2 is 2.05 bits per heavy atom. The molecule has 0 aliphatic heterocycles. The van der Waals surface area contributed by atoms with Crippen LogP contribution >= 0.6 is 22.7 Å². The van der Waals surface area contributed by atoms with Crippen LogP contribution in [0.3, 0.4) is 0 Å². The third-order valence-corrected chi connectivity index (χ3v) is 6.07. The first-order chi connectivity index (χ1) is 9.81. The van der Waals surface area contributed by atoms with Crippen molar-refractivity contribution in [1.82, 2.24) is 5.32 Å². The third kappa shape index (κ3) is 4.05. The first-order valence-electron chi connectivity index (χ1n) is 7.29. The minimum Gasteiger partial charge on any atom is -0.393 e. The molecule has 3 nitrogen and oxygen atoms in total. The zero-order chi connectivity index (χ0) is 15.6. The van der Waals surface area contributed by atoms with E-state index in [0.29, 0.717) is 13.0 Å². The maximum absolute atomic E-state index is 12.1. The molecule has 0 saturated heterocycles. The molecule has 0 fully saturated rings. The Kier molecular flexibility index (Phi) is 5.07. The minimum absolute atomic E-state index is 0.0393. The lowest BCUT2D eigenvalue weighted by atomic mass is 9.87. The molecule has 21 heavy (non-hydrogen) atoms. The number of carbonyl (C=O) groups is 1. The third-order valence-electron chi connectivity index (χ3n) is 3.54. The number of hydrogen-bond donors (Lipinski definition) is 2. The summed E-state index contributed by atoms with van der Waals surface area (Å²) in [6, 6.07) is 4.13. The molecule has 116 valence electrons. The molecule has 1 atom stereocenters. The number of aliphatic hydroxyl groups is 1. The van der Waals surface area contributed by atoms with Crippen LogP contribution in [0.1, 0.15) is 48.7 Å². The van der Waals surface area contributed by atoms with Crippen molar-refractivity contribution in [2.75, 3.05) is 6.54 Å². The highest BCUT2D eigenvalue weighted by atomic mass is 32.2. The van der Waals surface area contributed by atoms with Crippen LogP contribution in [-0.2, 0) is 6.42 Å². The van der Waals surface area contributed by atoms with E-state index in [4.69, 9.17) is 0 Å². The Hall–Kier alpha value is -0.910. The largest absolute Gasteiger partial charge is 0.393 e. The van der Waals surface area contributed by atoms with Crippen LogP contribution in [0.15, 0.2) is 12.1 Å². The lowest BCUT2D eigenvalue weighted by molar-refractivity contribution is 0.0551. The van der Waals surface area contributed by atoms with E-state index in [0.717, 1.165) is 11.3 Å². The van der Waals surface area contributed by atoms with Crippen molar-refractivity contribution < 1.29 is 9.90 Å². The number of rotatable bonds is 5. The highest BCUT2D eigenvalue weighted by Gasteiger charge is 2.22. The van der Waals surface area contributed by atoms with E-state index >= 15 is 0 Å². The summed E-state index contributed by atoms with van der Waals surface area (Å²) in [6.07, 6.45) is 1.21. The maximum Gasteiger partial charge on any atom is 0.261 e. The molecule has 2 heterocycles. The number of amides is 1. The molecule has 5 heteroatoms. The molecule has 0 saturated carbocycles. The summed E-state index contributed by atoms with van der Waals surface area (Å²) in [5, 5.41) is 14.0. The molecule has 0 aliphatic carbocycles. The number of nitrogens with one attached hydrogen (secondary N) is 1. The van der Waals surface area contributed by atoms with Gasteiger partial charge in [0, 0.05) is 16.8 Å². The molecule has 2 N–H and O–H groups in total. The summed E-state index contributed by atoms with van der Waals surface area (Å²) in [5.74, 6) is -0.0393. The second kappa shape index (κ2) is 6.46. The van der Waals surface area contributed by atoms with Gasteiger partial charge >= 0.3 is 0 Å². The maximum atomic E-state index is 12.1. The molecule has 0 spiro atoms. The van der Waals surface area contributed by atoms with Gasteiger partial charge in [-0.05, 0) is 30.4 Å². The van der Waals surface area contributed by atoms with Crippen molar-refractivity contribution in [1.29, 1.82) is 0 Å². The predicted octanol–water partition coefficient (Wildman–Crippen LogP) is 4.05. The second-order valence-electron chi connectivity index (χ2n) is 6.35. The van der Waals surface area contributed by atoms with Gasteiger partial charge in [-0.15, -0.1) is 22.7 Å². The standard InChI is InChI=1S/C16H23NO2S2/c1-5-11-8-10-9-12(21-15(10)20-11)14(19)17-7-6-13(18)16(2,3)4/h8-9,13,18H,5-7H2,1-4H3,(H,17,19). The van der Waals surface area contributed by atoms with Crippen molar-refractivity contribution in [2.45, 2.75) is 46.6 Å². The fourth-order valence-corrected chi connectivity index (χ4v) is 4.37. The molecule has 2 aromatic rings. The van der Waals surface area contributed by atoms with Gasteiger partial charge in [0.2, 0.25) is 0 Å². The van der Waals surface area contributed by atoms with Crippen LogP contribution in [0.4, 0.5) is 0 Å². The number of aryl methyl sites for hydroxylation is 1. The van der Waals surface area contributed by atoms with Crippen LogP contribution < -0.4 is 5.32 Å². The van der Waals surface area contributed by atoms with Gasteiger partial charge in [0.05, 0.1) is 15.0 Å². The lowest BCUT2D eigenvalue weighted by Gasteiger charge is -2.25. The van der Waals surface area contributed by atoms with Gasteiger partial charge < -0.3 is 10.4 Å². The summed E-state index contributed by atoms with van der Waals surface area (Å²) in [4.78, 5) is 14.2. The van der Waals surface area contributed by atoms with Crippen molar-refractivity contribution in [3.05, 3.63) is 21.9 Å². The Labute approximate surface area is 134 Å². The van der Waals surface area contributed by atoms with E-state index in [2.05, 4.69) is 18.3 Å². The Balaban J connectivity index is 1.91. The average molecular weight is 325 g/mol. The van der Waals surface area contributed by atoms with Gasteiger partial charge in [0.15, 0.2) is 0 Å². The first-order valence-corrected chi connectivity index (χ1v) is 8.93. The number of carbonyl (C=O) groups excluding carboxylic acids is 1. The van der Waals surface area contributed by atoms with Crippen molar-refractivity contribution in [3.63, 3.8) is 0 Å². The fraction of sp³-hybridized carbons (Fsp3) is 0.562. The summed E-state index contributed by atoms with van der Waals surface area (Å²) >= 11 is 3.32. The lowest BCUT2D eigenvalue weighted by Crippen LogP contribution is -2.32. The van der Waals surface area contributed by atoms with E-state index in [-0.39, 0.29) is 11.3 Å². The van der Waals surface area contributed by atoms with Crippen LogP contribution in [0, 0.1) is 5.41 Å². The Morgan fingerprint density at radius 1 is 1.33 bits per heavy atom. The van der Waals surface area contributed by atoms with Gasteiger partial charge in [-0.2, -0.15) is 0 Å². The predicted molar refractivity (Wildman–Crippen MR) is 91.5 cm³/mol. The number of fused-ring (bicyclic) bond motifs is 1. The summed E-state index contributed by atoms with van der Waals surface area (Å²) in [5.41, 5.74) is -0.146. The van der Waals surface area contributed by atoms with Crippen molar-refractivity contribution in [2.24, 2.45) is 5.41 Å². The zero-order valence-corrected chi connectivity index (χ0v) is 14.7. The first kappa shape index (κ1) is 16.5. The zero-order valence-electron chi connectivity index (χ0n) is 13.0. The van der Waals surface area contributed by atoms with Gasteiger partial charge in [-0.3, -0.25) is 4.79 Å². The number of hydrogen-bond acceptors (Lipinski definition) is 4. The molecule has 2 aromatic heterocycles. The summed E-state index contributed by atoms with van der Waals surface area (Å²) < 4.78 is 1.21. The van der Waals surface area contributed by atoms with E-state index in [1.54, 1.807) is 22.7 Å². The molecule has 0 aromatic carbocycles. The van der Waals surface area contributed by atoms with Crippen LogP contribution in [0.2, 0.25) is 0 Å². The van der Waals surface area contributed by atoms with Crippen molar-refractivity contribution in [3.8, 4) is 0 Å².